The standard InChI is InChI=1S/C21H40O3/c1-5-7-9-11-12-13-15-17-21(23,16-14-10-8-6-2)24-20(22)18-19(3)4/h18,23H,5-17H2,1-4H3. The third kappa shape index (κ3) is 13.6. The van der Waals surface area contributed by atoms with Gasteiger partial charge >= 0.3 is 5.97 Å². The molecule has 0 spiro atoms. The molecule has 24 heavy (non-hydrogen) atoms. The van der Waals surface area contributed by atoms with Gasteiger partial charge in [0, 0.05) is 18.9 Å². The van der Waals surface area contributed by atoms with Crippen molar-refractivity contribution in [2.45, 2.75) is 117 Å². The highest BCUT2D eigenvalue weighted by atomic mass is 16.7. The van der Waals surface area contributed by atoms with Gasteiger partial charge in [-0.05, 0) is 26.7 Å². The maximum atomic E-state index is 11.9. The highest BCUT2D eigenvalue weighted by Gasteiger charge is 2.29. The average Bonchev–Trinajstić information content (AvgIpc) is 2.50. The smallest absolute Gasteiger partial charge is 0.333 e. The van der Waals surface area contributed by atoms with Gasteiger partial charge in [-0.15, -0.1) is 0 Å². The van der Waals surface area contributed by atoms with E-state index in [-0.39, 0.29) is 0 Å². The van der Waals surface area contributed by atoms with Crippen LogP contribution in [0.3, 0.4) is 0 Å². The Kier molecular flexibility index (Phi) is 14.0. The molecule has 0 bridgehead atoms. The lowest BCUT2D eigenvalue weighted by Gasteiger charge is -2.27. The Bertz CT molecular complexity index is 345. The number of esters is 1. The summed E-state index contributed by atoms with van der Waals surface area (Å²) in [5, 5.41) is 10.8. The number of aliphatic hydroxyl groups is 1. The van der Waals surface area contributed by atoms with Crippen molar-refractivity contribution < 1.29 is 14.6 Å². The molecular weight excluding hydrogens is 300 g/mol. The summed E-state index contributed by atoms with van der Waals surface area (Å²) in [6.07, 6.45) is 15.2. The second-order valence-electron chi connectivity index (χ2n) is 7.27. The molecule has 0 heterocycles. The van der Waals surface area contributed by atoms with E-state index in [0.717, 1.165) is 44.1 Å². The summed E-state index contributed by atoms with van der Waals surface area (Å²) in [5.74, 6) is -1.71. The van der Waals surface area contributed by atoms with E-state index in [1.54, 1.807) is 0 Å². The van der Waals surface area contributed by atoms with E-state index in [9.17, 15) is 9.90 Å². The summed E-state index contributed by atoms with van der Waals surface area (Å²) < 4.78 is 5.41. The molecule has 0 aliphatic heterocycles. The molecule has 0 fully saturated rings. The highest BCUT2D eigenvalue weighted by molar-refractivity contribution is 5.82. The number of hydrogen-bond acceptors (Lipinski definition) is 3. The van der Waals surface area contributed by atoms with Crippen molar-refractivity contribution in [1.82, 2.24) is 0 Å². The Balaban J connectivity index is 4.29. The van der Waals surface area contributed by atoms with E-state index in [1.165, 1.54) is 38.2 Å². The maximum absolute atomic E-state index is 11.9. The minimum absolute atomic E-state index is 0.420. The Morgan fingerprint density at radius 1 is 0.833 bits per heavy atom. The van der Waals surface area contributed by atoms with Gasteiger partial charge in [0.05, 0.1) is 0 Å². The van der Waals surface area contributed by atoms with Crippen LogP contribution in [0.1, 0.15) is 111 Å². The van der Waals surface area contributed by atoms with E-state index in [0.29, 0.717) is 12.8 Å². The first-order valence-electron chi connectivity index (χ1n) is 10.0. The molecule has 0 saturated carbocycles. The molecule has 1 unspecified atom stereocenters. The number of rotatable bonds is 15. The van der Waals surface area contributed by atoms with Crippen molar-refractivity contribution in [3.63, 3.8) is 0 Å². The van der Waals surface area contributed by atoms with Crippen LogP contribution in [0.15, 0.2) is 11.6 Å². The summed E-state index contributed by atoms with van der Waals surface area (Å²) in [5.41, 5.74) is 0.893. The molecule has 0 aliphatic carbocycles. The van der Waals surface area contributed by atoms with Gasteiger partial charge in [0.25, 0.3) is 0 Å². The van der Waals surface area contributed by atoms with E-state index < -0.39 is 11.8 Å². The normalized spacial score (nSPS) is 13.4. The highest BCUT2D eigenvalue weighted by Crippen LogP contribution is 2.25. The number of unbranched alkanes of at least 4 members (excludes halogenated alkanes) is 9. The van der Waals surface area contributed by atoms with Gasteiger partial charge in [-0.25, -0.2) is 4.79 Å². The number of hydrogen-bond donors (Lipinski definition) is 1. The van der Waals surface area contributed by atoms with Crippen molar-refractivity contribution in [2.24, 2.45) is 0 Å². The zero-order valence-corrected chi connectivity index (χ0v) is 16.5. The van der Waals surface area contributed by atoms with Crippen molar-refractivity contribution >= 4 is 5.97 Å². The molecule has 0 radical (unpaired) electrons. The second-order valence-corrected chi connectivity index (χ2v) is 7.27. The zero-order chi connectivity index (χ0) is 18.3. The molecule has 0 saturated heterocycles. The fourth-order valence-electron chi connectivity index (χ4n) is 2.87. The van der Waals surface area contributed by atoms with E-state index >= 15 is 0 Å². The van der Waals surface area contributed by atoms with Gasteiger partial charge in [-0.3, -0.25) is 0 Å². The minimum Gasteiger partial charge on any atom is -0.430 e. The Morgan fingerprint density at radius 3 is 1.71 bits per heavy atom. The van der Waals surface area contributed by atoms with Crippen molar-refractivity contribution in [2.75, 3.05) is 0 Å². The number of allylic oxidation sites excluding steroid dienone is 1. The number of carbonyl (C=O) groups is 1. The first-order chi connectivity index (χ1) is 11.4. The molecule has 0 aromatic heterocycles. The van der Waals surface area contributed by atoms with E-state index in [1.807, 2.05) is 13.8 Å². The lowest BCUT2D eigenvalue weighted by atomic mass is 9.99. The number of ether oxygens (including phenoxy) is 1. The molecule has 0 amide bonds. The monoisotopic (exact) mass is 340 g/mol. The summed E-state index contributed by atoms with van der Waals surface area (Å²) in [6, 6.07) is 0. The first-order valence-corrected chi connectivity index (χ1v) is 10.0. The van der Waals surface area contributed by atoms with Crippen LogP contribution < -0.4 is 0 Å². The van der Waals surface area contributed by atoms with Crippen LogP contribution in [-0.2, 0) is 9.53 Å². The lowest BCUT2D eigenvalue weighted by molar-refractivity contribution is -0.210. The van der Waals surface area contributed by atoms with Crippen molar-refractivity contribution in [1.29, 1.82) is 0 Å². The minimum atomic E-state index is -1.29. The largest absolute Gasteiger partial charge is 0.430 e. The number of carbonyl (C=O) groups excluding carboxylic acids is 1. The van der Waals surface area contributed by atoms with E-state index in [4.69, 9.17) is 4.74 Å². The first kappa shape index (κ1) is 23.2. The molecule has 0 aliphatic rings. The van der Waals surface area contributed by atoms with Gasteiger partial charge in [0.1, 0.15) is 0 Å². The van der Waals surface area contributed by atoms with Crippen LogP contribution >= 0.6 is 0 Å². The van der Waals surface area contributed by atoms with Gasteiger partial charge < -0.3 is 9.84 Å². The van der Waals surface area contributed by atoms with Crippen LogP contribution in [0, 0.1) is 0 Å². The van der Waals surface area contributed by atoms with E-state index in [2.05, 4.69) is 13.8 Å². The molecule has 142 valence electrons. The molecule has 0 aromatic rings. The van der Waals surface area contributed by atoms with Crippen LogP contribution in [0.2, 0.25) is 0 Å². The van der Waals surface area contributed by atoms with Gasteiger partial charge in [0.2, 0.25) is 5.79 Å². The Morgan fingerprint density at radius 2 is 1.25 bits per heavy atom. The molecule has 3 nitrogen and oxygen atoms in total. The third-order valence-corrected chi connectivity index (χ3v) is 4.29. The second kappa shape index (κ2) is 14.5. The predicted molar refractivity (Wildman–Crippen MR) is 102 cm³/mol. The topological polar surface area (TPSA) is 46.5 Å². The van der Waals surface area contributed by atoms with Crippen LogP contribution in [0.4, 0.5) is 0 Å². The molecule has 1 atom stereocenters. The molecular formula is C21H40O3. The quantitative estimate of drug-likeness (QED) is 0.165. The molecule has 1 N–H and O–H groups in total. The maximum Gasteiger partial charge on any atom is 0.333 e. The average molecular weight is 341 g/mol. The van der Waals surface area contributed by atoms with Crippen molar-refractivity contribution in [3.8, 4) is 0 Å². The lowest BCUT2D eigenvalue weighted by Crippen LogP contribution is -2.34. The summed E-state index contributed by atoms with van der Waals surface area (Å²) in [7, 11) is 0. The van der Waals surface area contributed by atoms with Gasteiger partial charge in [-0.2, -0.15) is 0 Å². The summed E-state index contributed by atoms with van der Waals surface area (Å²) in [4.78, 5) is 11.9. The SMILES string of the molecule is CCCCCCCCCC(O)(CCCCCC)OC(=O)C=C(C)C. The Labute approximate surface area is 149 Å². The zero-order valence-electron chi connectivity index (χ0n) is 16.5. The molecule has 0 rings (SSSR count). The van der Waals surface area contributed by atoms with Crippen LogP contribution in [0.25, 0.3) is 0 Å². The van der Waals surface area contributed by atoms with Crippen LogP contribution in [0.5, 0.6) is 0 Å². The summed E-state index contributed by atoms with van der Waals surface area (Å²) in [6.45, 7) is 8.11. The van der Waals surface area contributed by atoms with Crippen molar-refractivity contribution in [3.05, 3.63) is 11.6 Å². The molecule has 0 aromatic carbocycles. The fraction of sp³-hybridized carbons (Fsp3) is 0.857. The predicted octanol–water partition coefficient (Wildman–Crippen LogP) is 6.30. The van der Waals surface area contributed by atoms with Gasteiger partial charge in [0.15, 0.2) is 0 Å². The van der Waals surface area contributed by atoms with Gasteiger partial charge in [-0.1, -0.05) is 77.2 Å². The molecule has 3 heteroatoms. The Hall–Kier alpha value is -0.830. The van der Waals surface area contributed by atoms with Crippen LogP contribution in [-0.4, -0.2) is 16.9 Å². The summed E-state index contributed by atoms with van der Waals surface area (Å²) >= 11 is 0. The fourth-order valence-corrected chi connectivity index (χ4v) is 2.87. The third-order valence-electron chi connectivity index (χ3n) is 4.29.